The standard InChI is InChI=1S/C15H20N2O3/c1-12-7-8-16(9-12)14(18)10-17(11-15(19)20)13-5-3-2-4-6-13/h2-6,12H,7-11H2,1H3,(H,19,20). The van der Waals surface area contributed by atoms with Crippen LogP contribution in [0.3, 0.4) is 0 Å². The molecule has 0 aliphatic carbocycles. The van der Waals surface area contributed by atoms with Crippen molar-refractivity contribution >= 4 is 17.6 Å². The van der Waals surface area contributed by atoms with Gasteiger partial charge in [0.15, 0.2) is 0 Å². The lowest BCUT2D eigenvalue weighted by Gasteiger charge is -2.25. The van der Waals surface area contributed by atoms with E-state index in [0.717, 1.165) is 25.2 Å². The van der Waals surface area contributed by atoms with Crippen molar-refractivity contribution in [1.29, 1.82) is 0 Å². The second-order valence-electron chi connectivity index (χ2n) is 5.32. The van der Waals surface area contributed by atoms with Gasteiger partial charge in [0.25, 0.3) is 0 Å². The zero-order valence-electron chi connectivity index (χ0n) is 11.7. The molecule has 1 amide bonds. The normalized spacial score (nSPS) is 18.1. The smallest absolute Gasteiger partial charge is 0.323 e. The molecule has 20 heavy (non-hydrogen) atoms. The minimum atomic E-state index is -0.934. The number of carboxylic acid groups (broad SMARTS) is 1. The van der Waals surface area contributed by atoms with Crippen LogP contribution in [0.2, 0.25) is 0 Å². The van der Waals surface area contributed by atoms with Gasteiger partial charge in [0.2, 0.25) is 5.91 Å². The third kappa shape index (κ3) is 3.73. The van der Waals surface area contributed by atoms with E-state index in [2.05, 4.69) is 6.92 Å². The van der Waals surface area contributed by atoms with Crippen LogP contribution in [-0.2, 0) is 9.59 Å². The van der Waals surface area contributed by atoms with Crippen LogP contribution >= 0.6 is 0 Å². The molecule has 108 valence electrons. The zero-order chi connectivity index (χ0) is 14.5. The average molecular weight is 276 g/mol. The fraction of sp³-hybridized carbons (Fsp3) is 0.467. The van der Waals surface area contributed by atoms with Gasteiger partial charge in [-0.1, -0.05) is 25.1 Å². The average Bonchev–Trinajstić information content (AvgIpc) is 2.85. The summed E-state index contributed by atoms with van der Waals surface area (Å²) in [7, 11) is 0. The summed E-state index contributed by atoms with van der Waals surface area (Å²) < 4.78 is 0. The quantitative estimate of drug-likeness (QED) is 0.884. The maximum Gasteiger partial charge on any atom is 0.323 e. The van der Waals surface area contributed by atoms with Crippen LogP contribution in [0.5, 0.6) is 0 Å². The van der Waals surface area contributed by atoms with E-state index in [4.69, 9.17) is 5.11 Å². The van der Waals surface area contributed by atoms with E-state index in [1.807, 2.05) is 35.2 Å². The minimum absolute atomic E-state index is 0.000506. The predicted molar refractivity (Wildman–Crippen MR) is 76.7 cm³/mol. The predicted octanol–water partition coefficient (Wildman–Crippen LogP) is 1.45. The summed E-state index contributed by atoms with van der Waals surface area (Å²) in [6.07, 6.45) is 1.02. The van der Waals surface area contributed by atoms with Crippen molar-refractivity contribution in [3.8, 4) is 0 Å². The second-order valence-corrected chi connectivity index (χ2v) is 5.32. The molecule has 1 heterocycles. The monoisotopic (exact) mass is 276 g/mol. The lowest BCUT2D eigenvalue weighted by molar-refractivity contribution is -0.135. The number of benzene rings is 1. The number of rotatable bonds is 5. The minimum Gasteiger partial charge on any atom is -0.480 e. The van der Waals surface area contributed by atoms with E-state index in [1.165, 1.54) is 0 Å². The number of aliphatic carboxylic acids is 1. The number of amides is 1. The Morgan fingerprint density at radius 3 is 2.55 bits per heavy atom. The molecule has 1 unspecified atom stereocenters. The highest BCUT2D eigenvalue weighted by molar-refractivity contribution is 5.84. The van der Waals surface area contributed by atoms with Crippen molar-refractivity contribution < 1.29 is 14.7 Å². The molecule has 2 rings (SSSR count). The fourth-order valence-corrected chi connectivity index (χ4v) is 2.47. The Hall–Kier alpha value is -2.04. The highest BCUT2D eigenvalue weighted by atomic mass is 16.4. The molecule has 0 bridgehead atoms. The number of anilines is 1. The molecular weight excluding hydrogens is 256 g/mol. The molecular formula is C15H20N2O3. The van der Waals surface area contributed by atoms with Gasteiger partial charge in [-0.15, -0.1) is 0 Å². The van der Waals surface area contributed by atoms with Crippen molar-refractivity contribution in [2.45, 2.75) is 13.3 Å². The summed E-state index contributed by atoms with van der Waals surface area (Å²) >= 11 is 0. The Balaban J connectivity index is 2.04. The Kier molecular flexibility index (Phi) is 4.61. The Labute approximate surface area is 118 Å². The number of nitrogens with zero attached hydrogens (tertiary/aromatic N) is 2. The van der Waals surface area contributed by atoms with Crippen LogP contribution in [0, 0.1) is 5.92 Å². The third-order valence-corrected chi connectivity index (χ3v) is 3.55. The highest BCUT2D eigenvalue weighted by Crippen LogP contribution is 2.17. The zero-order valence-corrected chi connectivity index (χ0v) is 11.7. The molecule has 5 nitrogen and oxygen atoms in total. The van der Waals surface area contributed by atoms with Gasteiger partial charge in [-0.2, -0.15) is 0 Å². The highest BCUT2D eigenvalue weighted by Gasteiger charge is 2.25. The number of carbonyl (C=O) groups is 2. The first kappa shape index (κ1) is 14.4. The van der Waals surface area contributed by atoms with Crippen molar-refractivity contribution in [2.24, 2.45) is 5.92 Å². The van der Waals surface area contributed by atoms with Crippen molar-refractivity contribution in [1.82, 2.24) is 4.90 Å². The first-order valence-corrected chi connectivity index (χ1v) is 6.86. The number of para-hydroxylation sites is 1. The number of hydrogen-bond donors (Lipinski definition) is 1. The van der Waals surface area contributed by atoms with Gasteiger partial charge in [0, 0.05) is 18.8 Å². The summed E-state index contributed by atoms with van der Waals surface area (Å²) in [6.45, 7) is 3.62. The van der Waals surface area contributed by atoms with Crippen LogP contribution in [0.25, 0.3) is 0 Å². The van der Waals surface area contributed by atoms with Gasteiger partial charge in [-0.05, 0) is 24.5 Å². The Morgan fingerprint density at radius 1 is 1.30 bits per heavy atom. The van der Waals surface area contributed by atoms with Gasteiger partial charge in [-0.25, -0.2) is 0 Å². The van der Waals surface area contributed by atoms with E-state index in [9.17, 15) is 9.59 Å². The Morgan fingerprint density at radius 2 is 2.00 bits per heavy atom. The van der Waals surface area contributed by atoms with Crippen molar-refractivity contribution in [2.75, 3.05) is 31.1 Å². The second kappa shape index (κ2) is 6.41. The number of carbonyl (C=O) groups excluding carboxylic acids is 1. The van der Waals surface area contributed by atoms with Crippen LogP contribution in [-0.4, -0.2) is 48.1 Å². The van der Waals surface area contributed by atoms with Crippen LogP contribution < -0.4 is 4.90 Å². The van der Waals surface area contributed by atoms with Crippen LogP contribution in [0.15, 0.2) is 30.3 Å². The molecule has 1 saturated heterocycles. The van der Waals surface area contributed by atoms with Crippen LogP contribution in [0.1, 0.15) is 13.3 Å². The molecule has 1 aromatic carbocycles. The van der Waals surface area contributed by atoms with E-state index >= 15 is 0 Å². The summed E-state index contributed by atoms with van der Waals surface area (Å²) in [4.78, 5) is 26.6. The summed E-state index contributed by atoms with van der Waals surface area (Å²) in [6, 6.07) is 9.19. The maximum absolute atomic E-state index is 12.2. The first-order chi connectivity index (χ1) is 9.56. The van der Waals surface area contributed by atoms with Gasteiger partial charge >= 0.3 is 5.97 Å². The number of carboxylic acids is 1. The summed E-state index contributed by atoms with van der Waals surface area (Å²) in [5.74, 6) is -0.403. The van der Waals surface area contributed by atoms with Crippen molar-refractivity contribution in [3.05, 3.63) is 30.3 Å². The molecule has 1 aromatic rings. The maximum atomic E-state index is 12.2. The van der Waals surface area contributed by atoms with Gasteiger partial charge in [0.05, 0.1) is 6.54 Å². The lowest BCUT2D eigenvalue weighted by Crippen LogP contribution is -2.41. The molecule has 1 aliphatic heterocycles. The fourth-order valence-electron chi connectivity index (χ4n) is 2.47. The van der Waals surface area contributed by atoms with Crippen LogP contribution in [0.4, 0.5) is 5.69 Å². The van der Waals surface area contributed by atoms with Crippen molar-refractivity contribution in [3.63, 3.8) is 0 Å². The topological polar surface area (TPSA) is 60.9 Å². The molecule has 0 saturated carbocycles. The Bertz CT molecular complexity index is 475. The molecule has 1 N–H and O–H groups in total. The molecule has 1 fully saturated rings. The third-order valence-electron chi connectivity index (χ3n) is 3.55. The molecule has 1 aliphatic rings. The first-order valence-electron chi connectivity index (χ1n) is 6.86. The summed E-state index contributed by atoms with van der Waals surface area (Å²) in [5, 5.41) is 9.00. The van der Waals surface area contributed by atoms with Gasteiger partial charge < -0.3 is 14.9 Å². The molecule has 0 aromatic heterocycles. The van der Waals surface area contributed by atoms with E-state index in [1.54, 1.807) is 4.90 Å². The largest absolute Gasteiger partial charge is 0.480 e. The van der Waals surface area contributed by atoms with E-state index in [-0.39, 0.29) is 19.0 Å². The number of hydrogen-bond acceptors (Lipinski definition) is 3. The van der Waals surface area contributed by atoms with E-state index in [0.29, 0.717) is 5.92 Å². The summed E-state index contributed by atoms with van der Waals surface area (Å²) in [5.41, 5.74) is 0.760. The molecule has 5 heteroatoms. The molecule has 0 radical (unpaired) electrons. The SMILES string of the molecule is CC1CCN(C(=O)CN(CC(=O)O)c2ccccc2)C1. The number of likely N-dealkylation sites (tertiary alicyclic amines) is 1. The molecule has 1 atom stereocenters. The van der Waals surface area contributed by atoms with E-state index < -0.39 is 5.97 Å². The molecule has 0 spiro atoms. The van der Waals surface area contributed by atoms with Gasteiger partial charge in [0.1, 0.15) is 6.54 Å². The lowest BCUT2D eigenvalue weighted by atomic mass is 10.2. The van der Waals surface area contributed by atoms with Gasteiger partial charge in [-0.3, -0.25) is 9.59 Å².